The van der Waals surface area contributed by atoms with Gasteiger partial charge in [-0.3, -0.25) is 0 Å². The Hall–Kier alpha value is -1.32. The van der Waals surface area contributed by atoms with E-state index >= 15 is 0 Å². The van der Waals surface area contributed by atoms with E-state index in [2.05, 4.69) is 22.0 Å². The lowest BCUT2D eigenvalue weighted by molar-refractivity contribution is 0.0523. The van der Waals surface area contributed by atoms with E-state index in [-0.39, 0.29) is 6.10 Å². The molecule has 0 aromatic heterocycles. The molecule has 0 bridgehead atoms. The fourth-order valence-corrected chi connectivity index (χ4v) is 2.14. The molecule has 18 heavy (non-hydrogen) atoms. The summed E-state index contributed by atoms with van der Waals surface area (Å²) in [5.41, 5.74) is 8.78. The van der Waals surface area contributed by atoms with Gasteiger partial charge >= 0.3 is 0 Å². The van der Waals surface area contributed by atoms with Gasteiger partial charge in [-0.05, 0) is 36.2 Å². The summed E-state index contributed by atoms with van der Waals surface area (Å²) in [7, 11) is 0. The monoisotopic (exact) mass is 305 g/mol. The molecule has 2 rings (SSSR count). The van der Waals surface area contributed by atoms with E-state index in [9.17, 15) is 0 Å². The fraction of sp³-hybridized carbons (Fsp3) is 0.200. The van der Waals surface area contributed by atoms with Crippen molar-refractivity contribution in [2.24, 2.45) is 0 Å². The summed E-state index contributed by atoms with van der Waals surface area (Å²) in [6.07, 6.45) is 0.0283. The molecule has 2 aromatic carbocycles. The molecule has 0 aliphatic rings. The van der Waals surface area contributed by atoms with Gasteiger partial charge in [0.15, 0.2) is 0 Å². The van der Waals surface area contributed by atoms with E-state index in [0.29, 0.717) is 6.61 Å². The van der Waals surface area contributed by atoms with Crippen LogP contribution in [0.3, 0.4) is 0 Å². The van der Waals surface area contributed by atoms with Crippen LogP contribution in [0.25, 0.3) is 0 Å². The molecule has 0 saturated heterocycles. The van der Waals surface area contributed by atoms with Gasteiger partial charge in [-0.15, -0.1) is 0 Å². The van der Waals surface area contributed by atoms with E-state index in [0.717, 1.165) is 21.3 Å². The maximum Gasteiger partial charge on any atom is 0.0802 e. The highest BCUT2D eigenvalue weighted by Crippen LogP contribution is 2.23. The predicted molar refractivity (Wildman–Crippen MR) is 78.2 cm³/mol. The second-order valence-corrected chi connectivity index (χ2v) is 5.07. The van der Waals surface area contributed by atoms with Crippen LogP contribution >= 0.6 is 15.9 Å². The number of ether oxygens (including phenoxy) is 1. The molecule has 1 unspecified atom stereocenters. The fourth-order valence-electron chi connectivity index (χ4n) is 1.74. The third kappa shape index (κ3) is 3.34. The topological polar surface area (TPSA) is 35.2 Å². The zero-order valence-corrected chi connectivity index (χ0v) is 11.9. The molecule has 94 valence electrons. The van der Waals surface area contributed by atoms with Crippen molar-refractivity contribution in [3.05, 3.63) is 64.1 Å². The number of halogens is 1. The Labute approximate surface area is 116 Å². The standard InChI is InChI=1S/C15H16BrNO/c1-11(12-6-4-7-14(17)9-12)18-10-13-5-2-3-8-15(13)16/h2-9,11H,10,17H2,1H3. The minimum Gasteiger partial charge on any atom is -0.399 e. The quantitative estimate of drug-likeness (QED) is 0.854. The maximum atomic E-state index is 5.86. The van der Waals surface area contributed by atoms with E-state index in [1.54, 1.807) is 0 Å². The first kappa shape index (κ1) is 13.1. The van der Waals surface area contributed by atoms with Gasteiger partial charge in [-0.1, -0.05) is 46.3 Å². The molecule has 0 aliphatic carbocycles. The van der Waals surface area contributed by atoms with E-state index in [1.165, 1.54) is 0 Å². The van der Waals surface area contributed by atoms with Crippen LogP contribution in [0.4, 0.5) is 5.69 Å². The molecular weight excluding hydrogens is 290 g/mol. The van der Waals surface area contributed by atoms with Crippen LogP contribution < -0.4 is 5.73 Å². The van der Waals surface area contributed by atoms with Crippen LogP contribution in [0, 0.1) is 0 Å². The van der Waals surface area contributed by atoms with Crippen LogP contribution in [0.1, 0.15) is 24.2 Å². The maximum absolute atomic E-state index is 5.86. The van der Waals surface area contributed by atoms with E-state index in [4.69, 9.17) is 10.5 Å². The summed E-state index contributed by atoms with van der Waals surface area (Å²) in [6, 6.07) is 15.9. The Kier molecular flexibility index (Phi) is 4.39. The molecule has 3 heteroatoms. The Morgan fingerprint density at radius 1 is 1.17 bits per heavy atom. The molecule has 0 amide bonds. The smallest absolute Gasteiger partial charge is 0.0802 e. The van der Waals surface area contributed by atoms with Crippen molar-refractivity contribution in [3.63, 3.8) is 0 Å². The van der Waals surface area contributed by atoms with Crippen molar-refractivity contribution in [1.29, 1.82) is 0 Å². The molecule has 0 saturated carbocycles. The highest BCUT2D eigenvalue weighted by atomic mass is 79.9. The number of hydrogen-bond acceptors (Lipinski definition) is 2. The highest BCUT2D eigenvalue weighted by molar-refractivity contribution is 9.10. The van der Waals surface area contributed by atoms with E-state index in [1.807, 2.05) is 49.4 Å². The van der Waals surface area contributed by atoms with Crippen molar-refractivity contribution in [3.8, 4) is 0 Å². The van der Waals surface area contributed by atoms with E-state index < -0.39 is 0 Å². The van der Waals surface area contributed by atoms with Crippen molar-refractivity contribution in [2.45, 2.75) is 19.6 Å². The number of nitrogens with two attached hydrogens (primary N) is 1. The zero-order chi connectivity index (χ0) is 13.0. The van der Waals surface area contributed by atoms with Crippen molar-refractivity contribution < 1.29 is 4.74 Å². The molecule has 0 fully saturated rings. The first-order chi connectivity index (χ1) is 8.66. The van der Waals surface area contributed by atoms with Crippen LogP contribution in [0.5, 0.6) is 0 Å². The average molecular weight is 306 g/mol. The second-order valence-electron chi connectivity index (χ2n) is 4.21. The normalized spacial score (nSPS) is 12.3. The number of hydrogen-bond donors (Lipinski definition) is 1. The van der Waals surface area contributed by atoms with Gasteiger partial charge in [0.05, 0.1) is 12.7 Å². The van der Waals surface area contributed by atoms with Crippen molar-refractivity contribution >= 4 is 21.6 Å². The van der Waals surface area contributed by atoms with Gasteiger partial charge in [-0.2, -0.15) is 0 Å². The summed E-state index contributed by atoms with van der Waals surface area (Å²) in [4.78, 5) is 0. The van der Waals surface area contributed by atoms with Crippen LogP contribution in [0.15, 0.2) is 53.0 Å². The van der Waals surface area contributed by atoms with Crippen LogP contribution in [-0.2, 0) is 11.3 Å². The SMILES string of the molecule is CC(OCc1ccccc1Br)c1cccc(N)c1. The molecule has 0 radical (unpaired) electrons. The second kappa shape index (κ2) is 6.03. The van der Waals surface area contributed by atoms with Gasteiger partial charge in [0, 0.05) is 10.2 Å². The van der Waals surface area contributed by atoms with Crippen molar-refractivity contribution in [1.82, 2.24) is 0 Å². The summed E-state index contributed by atoms with van der Waals surface area (Å²) in [6.45, 7) is 2.61. The van der Waals surface area contributed by atoms with Gasteiger partial charge in [0.2, 0.25) is 0 Å². The van der Waals surface area contributed by atoms with Gasteiger partial charge < -0.3 is 10.5 Å². The molecule has 0 spiro atoms. The van der Waals surface area contributed by atoms with Crippen molar-refractivity contribution in [2.75, 3.05) is 5.73 Å². The molecule has 0 heterocycles. The molecule has 2 aromatic rings. The van der Waals surface area contributed by atoms with Crippen LogP contribution in [0.2, 0.25) is 0 Å². The molecule has 2 nitrogen and oxygen atoms in total. The predicted octanol–water partition coefficient (Wildman–Crippen LogP) is 4.31. The average Bonchev–Trinajstić information content (AvgIpc) is 2.37. The lowest BCUT2D eigenvalue weighted by Crippen LogP contribution is -2.01. The lowest BCUT2D eigenvalue weighted by atomic mass is 10.1. The van der Waals surface area contributed by atoms with Gasteiger partial charge in [-0.25, -0.2) is 0 Å². The van der Waals surface area contributed by atoms with Crippen LogP contribution in [-0.4, -0.2) is 0 Å². The Morgan fingerprint density at radius 2 is 1.94 bits per heavy atom. The number of benzene rings is 2. The molecule has 0 aliphatic heterocycles. The number of anilines is 1. The largest absolute Gasteiger partial charge is 0.399 e. The molecule has 1 atom stereocenters. The van der Waals surface area contributed by atoms with Gasteiger partial charge in [0.1, 0.15) is 0 Å². The zero-order valence-electron chi connectivity index (χ0n) is 10.3. The Balaban J connectivity index is 2.00. The third-order valence-corrected chi connectivity index (χ3v) is 3.60. The summed E-state index contributed by atoms with van der Waals surface area (Å²) in [5.74, 6) is 0. The first-order valence-corrected chi connectivity index (χ1v) is 6.66. The minimum atomic E-state index is 0.0283. The number of rotatable bonds is 4. The summed E-state index contributed by atoms with van der Waals surface area (Å²) in [5, 5.41) is 0. The third-order valence-electron chi connectivity index (χ3n) is 2.83. The minimum absolute atomic E-state index is 0.0283. The molecular formula is C15H16BrNO. The summed E-state index contributed by atoms with van der Waals surface area (Å²) >= 11 is 3.51. The lowest BCUT2D eigenvalue weighted by Gasteiger charge is -2.14. The Bertz CT molecular complexity index is 527. The number of nitrogen functional groups attached to an aromatic ring is 1. The van der Waals surface area contributed by atoms with Gasteiger partial charge in [0.25, 0.3) is 0 Å². The molecule has 2 N–H and O–H groups in total. The Morgan fingerprint density at radius 3 is 2.67 bits per heavy atom. The highest BCUT2D eigenvalue weighted by Gasteiger charge is 2.07. The summed E-state index contributed by atoms with van der Waals surface area (Å²) < 4.78 is 6.94. The first-order valence-electron chi connectivity index (χ1n) is 5.87.